The van der Waals surface area contributed by atoms with Crippen molar-refractivity contribution in [3.63, 3.8) is 0 Å². The molecule has 1 heterocycles. The number of fused-ring (bicyclic) bond motifs is 1. The Morgan fingerprint density at radius 1 is 1.39 bits per heavy atom. The average Bonchev–Trinajstić information content (AvgIpc) is 2.76. The Balaban J connectivity index is 2.25. The van der Waals surface area contributed by atoms with E-state index >= 15 is 0 Å². The maximum Gasteiger partial charge on any atom is 0.116 e. The van der Waals surface area contributed by atoms with Crippen LogP contribution >= 0.6 is 35.0 Å². The molecule has 1 nitrogen and oxygen atoms in total. The molecule has 18 heavy (non-hydrogen) atoms. The van der Waals surface area contributed by atoms with E-state index in [1.54, 1.807) is 0 Å². The summed E-state index contributed by atoms with van der Waals surface area (Å²) in [6.45, 7) is 5.18. The third kappa shape index (κ3) is 3.16. The quantitative estimate of drug-likeness (QED) is 0.817. The topological polar surface area (TPSA) is 12.0 Å². The molecular weight excluding hydrogens is 285 g/mol. The fourth-order valence-corrected chi connectivity index (χ4v) is 4.30. The first-order valence-corrected chi connectivity index (χ1v) is 8.26. The minimum absolute atomic E-state index is 0.143. The van der Waals surface area contributed by atoms with E-state index < -0.39 is 0 Å². The zero-order valence-electron chi connectivity index (χ0n) is 10.7. The molecular formula is C14H19Cl2NS. The van der Waals surface area contributed by atoms with Crippen LogP contribution in [0.2, 0.25) is 0 Å². The second kappa shape index (κ2) is 6.51. The summed E-state index contributed by atoms with van der Waals surface area (Å²) in [7, 11) is 0. The van der Waals surface area contributed by atoms with Crippen LogP contribution in [0.25, 0.3) is 0 Å². The fourth-order valence-electron chi connectivity index (χ4n) is 2.52. The highest BCUT2D eigenvalue weighted by Gasteiger charge is 2.26. The number of thioether (sulfide) groups is 1. The molecule has 1 aromatic carbocycles. The molecule has 2 atom stereocenters. The van der Waals surface area contributed by atoms with E-state index in [2.05, 4.69) is 37.4 Å². The first-order chi connectivity index (χ1) is 8.63. The van der Waals surface area contributed by atoms with Crippen LogP contribution in [0, 0.1) is 0 Å². The zero-order valence-corrected chi connectivity index (χ0v) is 13.1. The maximum absolute atomic E-state index is 6.18. The maximum atomic E-state index is 6.18. The monoisotopic (exact) mass is 303 g/mol. The van der Waals surface area contributed by atoms with Gasteiger partial charge in [-0.05, 0) is 37.1 Å². The van der Waals surface area contributed by atoms with Gasteiger partial charge in [0.15, 0.2) is 0 Å². The van der Waals surface area contributed by atoms with Crippen molar-refractivity contribution in [2.45, 2.75) is 42.0 Å². The standard InChI is InChI=1S/C14H19Cl2NS/c1-3-17-9(2)13(14(15)16)11-4-5-12-10(8-11)6-7-18-12/h4-5,8-9,13-14,17H,3,6-7H2,1-2H3. The number of alkyl halides is 2. The van der Waals surface area contributed by atoms with Crippen molar-refractivity contribution in [2.75, 3.05) is 12.3 Å². The smallest absolute Gasteiger partial charge is 0.116 e. The molecule has 2 rings (SSSR count). The third-order valence-electron chi connectivity index (χ3n) is 3.43. The number of aryl methyl sites for hydroxylation is 1. The summed E-state index contributed by atoms with van der Waals surface area (Å²) < 4.78 is 0. The summed E-state index contributed by atoms with van der Waals surface area (Å²) in [5.74, 6) is 1.33. The zero-order chi connectivity index (χ0) is 13.1. The summed E-state index contributed by atoms with van der Waals surface area (Å²) in [6, 6.07) is 6.95. The SMILES string of the molecule is CCNC(C)C(c1ccc2c(c1)CCS2)C(Cl)Cl. The van der Waals surface area contributed by atoms with Gasteiger partial charge in [0.1, 0.15) is 4.84 Å². The van der Waals surface area contributed by atoms with Gasteiger partial charge in [-0.15, -0.1) is 35.0 Å². The van der Waals surface area contributed by atoms with E-state index in [0.717, 1.165) is 13.0 Å². The molecule has 0 aliphatic carbocycles. The van der Waals surface area contributed by atoms with E-state index in [4.69, 9.17) is 23.2 Å². The van der Waals surface area contributed by atoms with Crippen LogP contribution in [-0.2, 0) is 6.42 Å². The van der Waals surface area contributed by atoms with Crippen molar-refractivity contribution in [1.29, 1.82) is 0 Å². The van der Waals surface area contributed by atoms with Crippen LogP contribution in [0.1, 0.15) is 30.9 Å². The molecule has 1 aliphatic rings. The number of rotatable bonds is 5. The van der Waals surface area contributed by atoms with Gasteiger partial charge in [-0.1, -0.05) is 19.1 Å². The van der Waals surface area contributed by atoms with Crippen molar-refractivity contribution in [3.8, 4) is 0 Å². The molecule has 0 amide bonds. The Bertz CT molecular complexity index is 409. The Morgan fingerprint density at radius 3 is 2.83 bits per heavy atom. The fraction of sp³-hybridized carbons (Fsp3) is 0.571. The Hall–Kier alpha value is 0.110. The molecule has 0 fully saturated rings. The lowest BCUT2D eigenvalue weighted by Crippen LogP contribution is -2.35. The van der Waals surface area contributed by atoms with E-state index in [1.807, 2.05) is 11.8 Å². The molecule has 0 bridgehead atoms. The number of halogens is 2. The van der Waals surface area contributed by atoms with Gasteiger partial charge in [0.2, 0.25) is 0 Å². The molecule has 0 radical (unpaired) electrons. The van der Waals surface area contributed by atoms with Gasteiger partial charge < -0.3 is 5.32 Å². The van der Waals surface area contributed by atoms with Gasteiger partial charge in [0.25, 0.3) is 0 Å². The number of benzene rings is 1. The van der Waals surface area contributed by atoms with Crippen molar-refractivity contribution in [1.82, 2.24) is 5.32 Å². The molecule has 100 valence electrons. The van der Waals surface area contributed by atoms with Crippen LogP contribution in [0.3, 0.4) is 0 Å². The predicted octanol–water partition coefficient (Wildman–Crippen LogP) is 4.22. The van der Waals surface area contributed by atoms with Gasteiger partial charge in [0.05, 0.1) is 0 Å². The number of hydrogen-bond acceptors (Lipinski definition) is 2. The second-order valence-electron chi connectivity index (χ2n) is 4.67. The Morgan fingerprint density at radius 2 is 2.17 bits per heavy atom. The van der Waals surface area contributed by atoms with Gasteiger partial charge in [-0.3, -0.25) is 0 Å². The molecule has 2 unspecified atom stereocenters. The van der Waals surface area contributed by atoms with E-state index in [1.165, 1.54) is 21.8 Å². The molecule has 1 aliphatic heterocycles. The number of nitrogens with one attached hydrogen (secondary N) is 1. The van der Waals surface area contributed by atoms with Crippen LogP contribution in [0.4, 0.5) is 0 Å². The van der Waals surface area contributed by atoms with Gasteiger partial charge in [-0.25, -0.2) is 0 Å². The van der Waals surface area contributed by atoms with E-state index in [9.17, 15) is 0 Å². The summed E-state index contributed by atoms with van der Waals surface area (Å²) in [4.78, 5) is 1.03. The molecule has 0 aromatic heterocycles. The first kappa shape index (κ1) is 14.5. The van der Waals surface area contributed by atoms with E-state index in [-0.39, 0.29) is 16.8 Å². The highest BCUT2D eigenvalue weighted by molar-refractivity contribution is 7.99. The highest BCUT2D eigenvalue weighted by Crippen LogP contribution is 2.36. The van der Waals surface area contributed by atoms with Crippen molar-refractivity contribution in [2.24, 2.45) is 0 Å². The Kier molecular flexibility index (Phi) is 5.25. The van der Waals surface area contributed by atoms with Crippen LogP contribution in [-0.4, -0.2) is 23.2 Å². The lowest BCUT2D eigenvalue weighted by Gasteiger charge is -2.26. The molecule has 0 saturated heterocycles. The third-order valence-corrected chi connectivity index (χ3v) is 5.10. The molecule has 0 spiro atoms. The predicted molar refractivity (Wildman–Crippen MR) is 82.2 cm³/mol. The molecule has 0 saturated carbocycles. The average molecular weight is 304 g/mol. The summed E-state index contributed by atoms with van der Waals surface area (Å²) in [6.07, 6.45) is 1.16. The molecule has 4 heteroatoms. The minimum atomic E-state index is -0.383. The van der Waals surface area contributed by atoms with Gasteiger partial charge in [0, 0.05) is 22.6 Å². The lowest BCUT2D eigenvalue weighted by atomic mass is 9.92. The molecule has 1 N–H and O–H groups in total. The molecule has 1 aromatic rings. The second-order valence-corrected chi connectivity index (χ2v) is 6.97. The normalized spacial score (nSPS) is 17.8. The van der Waals surface area contributed by atoms with Gasteiger partial charge in [-0.2, -0.15) is 0 Å². The summed E-state index contributed by atoms with van der Waals surface area (Å²) >= 11 is 14.3. The van der Waals surface area contributed by atoms with Crippen LogP contribution < -0.4 is 5.32 Å². The lowest BCUT2D eigenvalue weighted by molar-refractivity contribution is 0.486. The highest BCUT2D eigenvalue weighted by atomic mass is 35.5. The number of hydrogen-bond donors (Lipinski definition) is 1. The first-order valence-electron chi connectivity index (χ1n) is 6.40. The summed E-state index contributed by atoms with van der Waals surface area (Å²) in [5.41, 5.74) is 2.69. The largest absolute Gasteiger partial charge is 0.314 e. The van der Waals surface area contributed by atoms with Crippen molar-refractivity contribution < 1.29 is 0 Å². The van der Waals surface area contributed by atoms with Crippen LogP contribution in [0.15, 0.2) is 23.1 Å². The minimum Gasteiger partial charge on any atom is -0.314 e. The van der Waals surface area contributed by atoms with Crippen molar-refractivity contribution in [3.05, 3.63) is 29.3 Å². The van der Waals surface area contributed by atoms with Gasteiger partial charge >= 0.3 is 0 Å². The summed E-state index contributed by atoms with van der Waals surface area (Å²) in [5, 5.41) is 3.42. The van der Waals surface area contributed by atoms with Crippen molar-refractivity contribution >= 4 is 35.0 Å². The van der Waals surface area contributed by atoms with Crippen LogP contribution in [0.5, 0.6) is 0 Å². The Labute approximate surface area is 124 Å². The number of likely N-dealkylation sites (N-methyl/N-ethyl adjacent to an activating group) is 1. The van der Waals surface area contributed by atoms with E-state index in [0.29, 0.717) is 0 Å².